The fourth-order valence-electron chi connectivity index (χ4n) is 2.17. The van der Waals surface area contributed by atoms with Gasteiger partial charge in [0.2, 0.25) is 0 Å². The van der Waals surface area contributed by atoms with Crippen LogP contribution in [0.5, 0.6) is 0 Å². The summed E-state index contributed by atoms with van der Waals surface area (Å²) in [6.45, 7) is 0.465. The van der Waals surface area contributed by atoms with E-state index in [0.717, 1.165) is 11.6 Å². The molecule has 0 aliphatic heterocycles. The molecule has 0 bridgehead atoms. The Morgan fingerprint density at radius 1 is 1.36 bits per heavy atom. The van der Waals surface area contributed by atoms with E-state index in [1.807, 2.05) is 11.4 Å². The van der Waals surface area contributed by atoms with E-state index in [1.54, 1.807) is 22.1 Å². The SMILES string of the molecule is OCCn1nc(Cc2cccs2)nc1CCc1cc(Cl)no1. The minimum atomic E-state index is 0.0307. The summed E-state index contributed by atoms with van der Waals surface area (Å²) in [5, 5.41) is 19.7. The van der Waals surface area contributed by atoms with Crippen LogP contribution < -0.4 is 0 Å². The number of aryl methyl sites for hydroxylation is 2. The standard InChI is InChI=1S/C14H15ClN4O2S/c15-12-8-10(21-18-12)3-4-14-16-13(17-19(14)5-6-20)9-11-2-1-7-22-11/h1-2,7-8,20H,3-6,9H2. The summed E-state index contributed by atoms with van der Waals surface area (Å²) in [5.74, 6) is 2.30. The number of aliphatic hydroxyl groups excluding tert-OH is 1. The van der Waals surface area contributed by atoms with E-state index >= 15 is 0 Å². The first-order valence-electron chi connectivity index (χ1n) is 6.91. The third kappa shape index (κ3) is 3.73. The van der Waals surface area contributed by atoms with Crippen molar-refractivity contribution in [2.24, 2.45) is 0 Å². The third-order valence-corrected chi connectivity index (χ3v) is 4.20. The van der Waals surface area contributed by atoms with Crippen molar-refractivity contribution < 1.29 is 9.63 Å². The number of hydrogen-bond donors (Lipinski definition) is 1. The van der Waals surface area contributed by atoms with Gasteiger partial charge in [0.15, 0.2) is 11.0 Å². The van der Waals surface area contributed by atoms with Gasteiger partial charge in [-0.1, -0.05) is 22.8 Å². The molecule has 0 saturated carbocycles. The lowest BCUT2D eigenvalue weighted by Gasteiger charge is -2.01. The monoisotopic (exact) mass is 338 g/mol. The molecule has 0 fully saturated rings. The molecule has 0 radical (unpaired) electrons. The minimum absolute atomic E-state index is 0.0307. The Bertz CT molecular complexity index is 723. The number of halogens is 1. The average Bonchev–Trinajstić information content (AvgIpc) is 3.20. The van der Waals surface area contributed by atoms with Crippen molar-refractivity contribution in [3.63, 3.8) is 0 Å². The van der Waals surface area contributed by atoms with Crippen LogP contribution in [0.25, 0.3) is 0 Å². The molecule has 0 atom stereocenters. The molecule has 0 spiro atoms. The van der Waals surface area contributed by atoms with E-state index in [0.29, 0.717) is 36.7 Å². The molecule has 0 aliphatic rings. The van der Waals surface area contributed by atoms with E-state index in [2.05, 4.69) is 21.3 Å². The second-order valence-corrected chi connectivity index (χ2v) is 6.18. The van der Waals surface area contributed by atoms with E-state index in [4.69, 9.17) is 21.2 Å². The number of aromatic nitrogens is 4. The van der Waals surface area contributed by atoms with Crippen LogP contribution >= 0.6 is 22.9 Å². The maximum Gasteiger partial charge on any atom is 0.172 e. The maximum absolute atomic E-state index is 9.17. The maximum atomic E-state index is 9.17. The molecule has 0 aliphatic carbocycles. The topological polar surface area (TPSA) is 77.0 Å². The van der Waals surface area contributed by atoms with Gasteiger partial charge < -0.3 is 9.63 Å². The minimum Gasteiger partial charge on any atom is -0.394 e. The number of thiophene rings is 1. The third-order valence-electron chi connectivity index (χ3n) is 3.14. The van der Waals surface area contributed by atoms with Gasteiger partial charge >= 0.3 is 0 Å². The van der Waals surface area contributed by atoms with Gasteiger partial charge in [0, 0.05) is 30.2 Å². The zero-order chi connectivity index (χ0) is 15.4. The molecule has 116 valence electrons. The number of aliphatic hydroxyl groups is 1. The van der Waals surface area contributed by atoms with Gasteiger partial charge in [0.25, 0.3) is 0 Å². The van der Waals surface area contributed by atoms with Crippen molar-refractivity contribution in [2.75, 3.05) is 6.61 Å². The van der Waals surface area contributed by atoms with Crippen molar-refractivity contribution in [1.29, 1.82) is 0 Å². The number of rotatable bonds is 7. The van der Waals surface area contributed by atoms with Crippen LogP contribution in [0.4, 0.5) is 0 Å². The Morgan fingerprint density at radius 3 is 2.95 bits per heavy atom. The van der Waals surface area contributed by atoms with Crippen LogP contribution in [0, 0.1) is 0 Å². The quantitative estimate of drug-likeness (QED) is 0.715. The lowest BCUT2D eigenvalue weighted by Crippen LogP contribution is -2.09. The first-order valence-corrected chi connectivity index (χ1v) is 8.17. The van der Waals surface area contributed by atoms with Crippen LogP contribution in [0.1, 0.15) is 22.3 Å². The zero-order valence-electron chi connectivity index (χ0n) is 11.8. The Kier molecular flexibility index (Phi) is 4.87. The zero-order valence-corrected chi connectivity index (χ0v) is 13.3. The smallest absolute Gasteiger partial charge is 0.172 e. The van der Waals surface area contributed by atoms with Crippen molar-refractivity contribution >= 4 is 22.9 Å². The molecule has 0 saturated heterocycles. The molecule has 0 unspecified atom stereocenters. The molecular weight excluding hydrogens is 324 g/mol. The molecule has 8 heteroatoms. The lowest BCUT2D eigenvalue weighted by atomic mass is 10.2. The van der Waals surface area contributed by atoms with Crippen LogP contribution in [-0.2, 0) is 25.8 Å². The fraction of sp³-hybridized carbons (Fsp3) is 0.357. The number of hydrogen-bond acceptors (Lipinski definition) is 6. The van der Waals surface area contributed by atoms with Crippen LogP contribution in [0.15, 0.2) is 28.1 Å². The second-order valence-electron chi connectivity index (χ2n) is 4.76. The van der Waals surface area contributed by atoms with Crippen LogP contribution in [0.3, 0.4) is 0 Å². The van der Waals surface area contributed by atoms with Crippen molar-refractivity contribution in [2.45, 2.75) is 25.8 Å². The van der Waals surface area contributed by atoms with E-state index in [-0.39, 0.29) is 6.61 Å². The molecule has 3 aromatic rings. The first kappa shape index (κ1) is 15.2. The summed E-state index contributed by atoms with van der Waals surface area (Å²) in [6, 6.07) is 5.77. The summed E-state index contributed by atoms with van der Waals surface area (Å²) in [5.41, 5.74) is 0. The van der Waals surface area contributed by atoms with Crippen LogP contribution in [0.2, 0.25) is 5.15 Å². The summed E-state index contributed by atoms with van der Waals surface area (Å²) in [6.07, 6.45) is 2.00. The van der Waals surface area contributed by atoms with Gasteiger partial charge in [-0.15, -0.1) is 11.3 Å². The molecule has 3 heterocycles. The molecule has 3 aromatic heterocycles. The Hall–Kier alpha value is -1.70. The molecule has 6 nitrogen and oxygen atoms in total. The van der Waals surface area contributed by atoms with Gasteiger partial charge in [-0.25, -0.2) is 9.67 Å². The van der Waals surface area contributed by atoms with Gasteiger partial charge in [-0.3, -0.25) is 0 Å². The van der Waals surface area contributed by atoms with E-state index in [1.165, 1.54) is 4.88 Å². The Morgan fingerprint density at radius 2 is 2.27 bits per heavy atom. The van der Waals surface area contributed by atoms with Gasteiger partial charge in [0.1, 0.15) is 11.6 Å². The van der Waals surface area contributed by atoms with Gasteiger partial charge in [-0.05, 0) is 11.4 Å². The fourth-order valence-corrected chi connectivity index (χ4v) is 3.03. The molecule has 0 aromatic carbocycles. The van der Waals surface area contributed by atoms with Crippen molar-refractivity contribution in [3.05, 3.63) is 51.0 Å². The van der Waals surface area contributed by atoms with E-state index in [9.17, 15) is 0 Å². The normalized spacial score (nSPS) is 11.2. The summed E-state index contributed by atoms with van der Waals surface area (Å²) in [7, 11) is 0. The summed E-state index contributed by atoms with van der Waals surface area (Å²) < 4.78 is 6.84. The summed E-state index contributed by atoms with van der Waals surface area (Å²) in [4.78, 5) is 5.80. The largest absolute Gasteiger partial charge is 0.394 e. The van der Waals surface area contributed by atoms with Crippen LogP contribution in [-0.4, -0.2) is 31.6 Å². The Balaban J connectivity index is 1.72. The van der Waals surface area contributed by atoms with Gasteiger partial charge in [-0.2, -0.15) is 5.10 Å². The second kappa shape index (κ2) is 7.04. The number of nitrogens with zero attached hydrogens (tertiary/aromatic N) is 4. The lowest BCUT2D eigenvalue weighted by molar-refractivity contribution is 0.266. The van der Waals surface area contributed by atoms with E-state index < -0.39 is 0 Å². The highest BCUT2D eigenvalue weighted by Crippen LogP contribution is 2.15. The average molecular weight is 339 g/mol. The molecule has 3 rings (SSSR count). The Labute approximate surface area is 136 Å². The first-order chi connectivity index (χ1) is 10.7. The molecule has 1 N–H and O–H groups in total. The predicted molar refractivity (Wildman–Crippen MR) is 83.2 cm³/mol. The molecule has 0 amide bonds. The highest BCUT2D eigenvalue weighted by atomic mass is 35.5. The van der Waals surface area contributed by atoms with Crippen molar-refractivity contribution in [1.82, 2.24) is 19.9 Å². The van der Waals surface area contributed by atoms with Crippen molar-refractivity contribution in [3.8, 4) is 0 Å². The highest BCUT2D eigenvalue weighted by molar-refractivity contribution is 7.09. The summed E-state index contributed by atoms with van der Waals surface area (Å²) >= 11 is 7.42. The predicted octanol–water partition coefficient (Wildman–Crippen LogP) is 2.35. The molecule has 22 heavy (non-hydrogen) atoms. The van der Waals surface area contributed by atoms with Gasteiger partial charge in [0.05, 0.1) is 13.2 Å². The highest BCUT2D eigenvalue weighted by Gasteiger charge is 2.12. The molecular formula is C14H15ClN4O2S.